The molecule has 1 aliphatic rings. The van der Waals surface area contributed by atoms with Gasteiger partial charge in [0.1, 0.15) is 11.6 Å². The third kappa shape index (κ3) is 3.22. The summed E-state index contributed by atoms with van der Waals surface area (Å²) in [5.74, 6) is 0.633. The highest BCUT2D eigenvalue weighted by Crippen LogP contribution is 2.31. The Balaban J connectivity index is 2.11. The minimum absolute atomic E-state index is 0.121. The van der Waals surface area contributed by atoms with Gasteiger partial charge in [0, 0.05) is 11.6 Å². The zero-order valence-corrected chi connectivity index (χ0v) is 11.2. The van der Waals surface area contributed by atoms with Crippen molar-refractivity contribution in [2.24, 2.45) is 0 Å². The van der Waals surface area contributed by atoms with Crippen LogP contribution in [-0.2, 0) is 0 Å². The van der Waals surface area contributed by atoms with E-state index in [1.54, 1.807) is 12.1 Å². The van der Waals surface area contributed by atoms with Gasteiger partial charge in [-0.05, 0) is 57.4 Å². The predicted octanol–water partition coefficient (Wildman–Crippen LogP) is 3.82. The lowest BCUT2D eigenvalue weighted by molar-refractivity contribution is 0.118. The molecule has 0 aliphatic heterocycles. The van der Waals surface area contributed by atoms with Crippen LogP contribution in [-0.4, -0.2) is 12.6 Å². The van der Waals surface area contributed by atoms with Crippen LogP contribution in [0.15, 0.2) is 18.2 Å². The van der Waals surface area contributed by atoms with Crippen LogP contribution in [0.5, 0.6) is 5.75 Å². The van der Waals surface area contributed by atoms with Crippen molar-refractivity contribution in [1.29, 1.82) is 0 Å². The highest BCUT2D eigenvalue weighted by atomic mass is 19.1. The molecule has 2 rings (SSSR count). The lowest BCUT2D eigenvalue weighted by atomic mass is 9.96. The molecule has 1 aliphatic carbocycles. The van der Waals surface area contributed by atoms with Gasteiger partial charge in [-0.2, -0.15) is 0 Å². The van der Waals surface area contributed by atoms with Crippen molar-refractivity contribution in [3.8, 4) is 5.75 Å². The summed E-state index contributed by atoms with van der Waals surface area (Å²) in [7, 11) is 0. The summed E-state index contributed by atoms with van der Waals surface area (Å²) >= 11 is 0. The van der Waals surface area contributed by atoms with Gasteiger partial charge in [-0.15, -0.1) is 0 Å². The third-order valence-corrected chi connectivity index (χ3v) is 3.48. The van der Waals surface area contributed by atoms with E-state index in [1.165, 1.54) is 12.5 Å². The fourth-order valence-corrected chi connectivity index (χ4v) is 2.10. The van der Waals surface area contributed by atoms with E-state index < -0.39 is 0 Å². The molecule has 0 bridgehead atoms. The Kier molecular flexibility index (Phi) is 4.59. The smallest absolute Gasteiger partial charge is 0.124 e. The Morgan fingerprint density at radius 1 is 1.44 bits per heavy atom. The summed E-state index contributed by atoms with van der Waals surface area (Å²) in [6.45, 7) is 5.11. The molecule has 1 atom stereocenters. The first-order valence-electron chi connectivity index (χ1n) is 6.90. The van der Waals surface area contributed by atoms with E-state index in [9.17, 15) is 4.39 Å². The van der Waals surface area contributed by atoms with E-state index >= 15 is 0 Å². The summed E-state index contributed by atoms with van der Waals surface area (Å²) in [4.78, 5) is 0. The average Bonchev–Trinajstić information content (AvgIpc) is 2.32. The Morgan fingerprint density at radius 2 is 2.22 bits per heavy atom. The highest BCUT2D eigenvalue weighted by Gasteiger charge is 2.21. The molecule has 0 heterocycles. The van der Waals surface area contributed by atoms with Crippen LogP contribution in [0.3, 0.4) is 0 Å². The van der Waals surface area contributed by atoms with Crippen LogP contribution < -0.4 is 10.1 Å². The van der Waals surface area contributed by atoms with Crippen LogP contribution in [0.2, 0.25) is 0 Å². The van der Waals surface area contributed by atoms with Crippen molar-refractivity contribution < 1.29 is 9.13 Å². The number of hydrogen-bond acceptors (Lipinski definition) is 2. The Hall–Kier alpha value is -1.09. The molecule has 1 unspecified atom stereocenters. The molecule has 2 nitrogen and oxygen atoms in total. The molecule has 1 fully saturated rings. The van der Waals surface area contributed by atoms with Crippen molar-refractivity contribution in [2.75, 3.05) is 6.54 Å². The fraction of sp³-hybridized carbons (Fsp3) is 0.600. The average molecular weight is 251 g/mol. The number of hydrogen-bond donors (Lipinski definition) is 1. The Bertz CT molecular complexity index is 390. The molecule has 0 radical (unpaired) electrons. The SMILES string of the molecule is CCCNC(C)c1cc(F)ccc1OC1CCC1. The van der Waals surface area contributed by atoms with Crippen molar-refractivity contribution in [3.05, 3.63) is 29.6 Å². The zero-order chi connectivity index (χ0) is 13.0. The second-order valence-corrected chi connectivity index (χ2v) is 5.03. The molecule has 0 aromatic heterocycles. The van der Waals surface area contributed by atoms with Gasteiger partial charge < -0.3 is 10.1 Å². The molecule has 18 heavy (non-hydrogen) atoms. The summed E-state index contributed by atoms with van der Waals surface area (Å²) in [6.07, 6.45) is 4.87. The van der Waals surface area contributed by atoms with E-state index in [0.717, 1.165) is 37.1 Å². The predicted molar refractivity (Wildman–Crippen MR) is 71.4 cm³/mol. The van der Waals surface area contributed by atoms with Gasteiger partial charge in [0.25, 0.3) is 0 Å². The number of benzene rings is 1. The Morgan fingerprint density at radius 3 is 2.83 bits per heavy atom. The van der Waals surface area contributed by atoms with Gasteiger partial charge >= 0.3 is 0 Å². The van der Waals surface area contributed by atoms with Gasteiger partial charge in [0.2, 0.25) is 0 Å². The van der Waals surface area contributed by atoms with Crippen molar-refractivity contribution in [3.63, 3.8) is 0 Å². The molecule has 0 saturated heterocycles. The molecule has 100 valence electrons. The topological polar surface area (TPSA) is 21.3 Å². The molecule has 1 aromatic rings. The fourth-order valence-electron chi connectivity index (χ4n) is 2.10. The van der Waals surface area contributed by atoms with Crippen molar-refractivity contribution in [1.82, 2.24) is 5.32 Å². The maximum atomic E-state index is 13.4. The highest BCUT2D eigenvalue weighted by molar-refractivity contribution is 5.36. The van der Waals surface area contributed by atoms with E-state index in [-0.39, 0.29) is 11.9 Å². The van der Waals surface area contributed by atoms with Gasteiger partial charge in [-0.25, -0.2) is 4.39 Å². The zero-order valence-electron chi connectivity index (χ0n) is 11.2. The van der Waals surface area contributed by atoms with Gasteiger partial charge in [-0.3, -0.25) is 0 Å². The first-order chi connectivity index (χ1) is 8.70. The standard InChI is InChI=1S/C15H22FNO/c1-3-9-17-11(2)14-10-12(16)7-8-15(14)18-13-5-4-6-13/h7-8,10-11,13,17H,3-6,9H2,1-2H3. The Labute approximate surface area is 109 Å². The minimum atomic E-state index is -0.198. The molecule has 3 heteroatoms. The normalized spacial score (nSPS) is 17.3. The summed E-state index contributed by atoms with van der Waals surface area (Å²) in [6, 6.07) is 4.94. The largest absolute Gasteiger partial charge is 0.490 e. The maximum Gasteiger partial charge on any atom is 0.124 e. The van der Waals surface area contributed by atoms with Crippen LogP contribution in [0.4, 0.5) is 4.39 Å². The minimum Gasteiger partial charge on any atom is -0.490 e. The number of nitrogens with one attached hydrogen (secondary N) is 1. The maximum absolute atomic E-state index is 13.4. The number of rotatable bonds is 6. The van der Waals surface area contributed by atoms with E-state index in [4.69, 9.17) is 4.74 Å². The lowest BCUT2D eigenvalue weighted by Gasteiger charge is -2.28. The first kappa shape index (κ1) is 13.3. The second kappa shape index (κ2) is 6.19. The van der Waals surface area contributed by atoms with Crippen LogP contribution in [0.1, 0.15) is 51.1 Å². The number of ether oxygens (including phenoxy) is 1. The van der Waals surface area contributed by atoms with E-state index in [2.05, 4.69) is 19.2 Å². The van der Waals surface area contributed by atoms with Gasteiger partial charge in [0.15, 0.2) is 0 Å². The monoisotopic (exact) mass is 251 g/mol. The molecule has 0 amide bonds. The quantitative estimate of drug-likeness (QED) is 0.830. The van der Waals surface area contributed by atoms with Crippen LogP contribution in [0, 0.1) is 5.82 Å². The van der Waals surface area contributed by atoms with Crippen LogP contribution in [0.25, 0.3) is 0 Å². The van der Waals surface area contributed by atoms with E-state index in [1.807, 2.05) is 0 Å². The van der Waals surface area contributed by atoms with Crippen molar-refractivity contribution in [2.45, 2.75) is 51.7 Å². The summed E-state index contributed by atoms with van der Waals surface area (Å²) in [5.41, 5.74) is 0.926. The molecular weight excluding hydrogens is 229 g/mol. The second-order valence-electron chi connectivity index (χ2n) is 5.03. The summed E-state index contributed by atoms with van der Waals surface area (Å²) < 4.78 is 19.3. The summed E-state index contributed by atoms with van der Waals surface area (Å²) in [5, 5.41) is 3.38. The lowest BCUT2D eigenvalue weighted by Crippen LogP contribution is -2.26. The van der Waals surface area contributed by atoms with E-state index in [0.29, 0.717) is 6.10 Å². The van der Waals surface area contributed by atoms with Gasteiger partial charge in [-0.1, -0.05) is 6.92 Å². The molecule has 1 saturated carbocycles. The van der Waals surface area contributed by atoms with Crippen molar-refractivity contribution >= 4 is 0 Å². The van der Waals surface area contributed by atoms with Crippen LogP contribution >= 0.6 is 0 Å². The molecular formula is C15H22FNO. The number of halogens is 1. The molecule has 1 N–H and O–H groups in total. The third-order valence-electron chi connectivity index (χ3n) is 3.48. The van der Waals surface area contributed by atoms with Gasteiger partial charge in [0.05, 0.1) is 6.10 Å². The molecule has 1 aromatic carbocycles. The first-order valence-corrected chi connectivity index (χ1v) is 6.90. The molecule has 0 spiro atoms.